The second-order valence-electron chi connectivity index (χ2n) is 4.31. The van der Waals surface area contributed by atoms with E-state index in [0.29, 0.717) is 10.0 Å². The fraction of sp³-hybridized carbons (Fsp3) is 0.200. The lowest BCUT2D eigenvalue weighted by molar-refractivity contribution is 0.625. The Morgan fingerprint density at radius 2 is 1.63 bits per heavy atom. The van der Waals surface area contributed by atoms with E-state index in [0.717, 1.165) is 17.7 Å². The van der Waals surface area contributed by atoms with Crippen molar-refractivity contribution in [1.29, 1.82) is 0 Å². The number of hydrogen-bond acceptors (Lipinski definition) is 1. The van der Waals surface area contributed by atoms with E-state index in [1.54, 1.807) is 18.2 Å². The first-order valence-corrected chi connectivity index (χ1v) is 6.82. The van der Waals surface area contributed by atoms with Crippen LogP contribution in [0.25, 0.3) is 0 Å². The van der Waals surface area contributed by atoms with E-state index in [2.05, 4.69) is 12.2 Å². The molecule has 100 valence electrons. The minimum atomic E-state index is -0.232. The van der Waals surface area contributed by atoms with E-state index in [-0.39, 0.29) is 11.9 Å². The minimum absolute atomic E-state index is 0.0927. The lowest BCUT2D eigenvalue weighted by Crippen LogP contribution is -2.09. The maximum Gasteiger partial charge on any atom is 0.123 e. The summed E-state index contributed by atoms with van der Waals surface area (Å²) in [5, 5.41) is 4.53. The molecular weight excluding hydrogens is 284 g/mol. The van der Waals surface area contributed by atoms with Crippen LogP contribution in [0.4, 0.5) is 10.1 Å². The third kappa shape index (κ3) is 3.85. The van der Waals surface area contributed by atoms with Crippen molar-refractivity contribution in [2.75, 3.05) is 5.32 Å². The van der Waals surface area contributed by atoms with E-state index in [1.807, 2.05) is 12.1 Å². The van der Waals surface area contributed by atoms with Crippen LogP contribution in [0.5, 0.6) is 0 Å². The molecule has 1 nitrogen and oxygen atoms in total. The molecule has 0 aliphatic heterocycles. The van der Waals surface area contributed by atoms with Gasteiger partial charge in [0.15, 0.2) is 0 Å². The zero-order valence-electron chi connectivity index (χ0n) is 10.5. The zero-order valence-corrected chi connectivity index (χ0v) is 12.0. The van der Waals surface area contributed by atoms with Gasteiger partial charge in [-0.3, -0.25) is 0 Å². The monoisotopic (exact) mass is 297 g/mol. The van der Waals surface area contributed by atoms with Crippen molar-refractivity contribution in [3.05, 3.63) is 63.9 Å². The Balaban J connectivity index is 2.21. The Hall–Kier alpha value is -1.25. The van der Waals surface area contributed by atoms with Crippen LogP contribution in [0.3, 0.4) is 0 Å². The molecule has 0 bridgehead atoms. The van der Waals surface area contributed by atoms with Crippen molar-refractivity contribution in [3.8, 4) is 0 Å². The summed E-state index contributed by atoms with van der Waals surface area (Å²) in [5.41, 5.74) is 1.88. The number of benzene rings is 2. The molecule has 19 heavy (non-hydrogen) atoms. The number of hydrogen-bond donors (Lipinski definition) is 1. The summed E-state index contributed by atoms with van der Waals surface area (Å²) in [7, 11) is 0. The largest absolute Gasteiger partial charge is 0.378 e. The zero-order chi connectivity index (χ0) is 13.8. The highest BCUT2D eigenvalue weighted by molar-refractivity contribution is 6.35. The Bertz CT molecular complexity index is 534. The lowest BCUT2D eigenvalue weighted by Gasteiger charge is -2.19. The van der Waals surface area contributed by atoms with Gasteiger partial charge in [0, 0.05) is 15.7 Å². The number of rotatable bonds is 4. The molecule has 0 heterocycles. The highest BCUT2D eigenvalue weighted by Gasteiger charge is 2.10. The van der Waals surface area contributed by atoms with Crippen LogP contribution >= 0.6 is 23.2 Å². The van der Waals surface area contributed by atoms with Crippen LogP contribution in [0, 0.1) is 5.82 Å². The highest BCUT2D eigenvalue weighted by Crippen LogP contribution is 2.27. The lowest BCUT2D eigenvalue weighted by atomic mass is 10.0. The van der Waals surface area contributed by atoms with E-state index in [9.17, 15) is 4.39 Å². The molecule has 4 heteroatoms. The van der Waals surface area contributed by atoms with E-state index in [1.165, 1.54) is 12.1 Å². The van der Waals surface area contributed by atoms with Gasteiger partial charge < -0.3 is 5.32 Å². The van der Waals surface area contributed by atoms with Gasteiger partial charge in [-0.2, -0.15) is 0 Å². The normalized spacial score (nSPS) is 12.2. The topological polar surface area (TPSA) is 12.0 Å². The van der Waals surface area contributed by atoms with Crippen molar-refractivity contribution in [2.24, 2.45) is 0 Å². The number of nitrogens with one attached hydrogen (secondary N) is 1. The first kappa shape index (κ1) is 14.2. The average Bonchev–Trinajstić information content (AvgIpc) is 2.36. The highest BCUT2D eigenvalue weighted by atomic mass is 35.5. The van der Waals surface area contributed by atoms with Crippen LogP contribution in [-0.4, -0.2) is 0 Å². The molecule has 1 unspecified atom stereocenters. The third-order valence-corrected chi connectivity index (χ3v) is 3.32. The fourth-order valence-corrected chi connectivity index (χ4v) is 2.48. The van der Waals surface area contributed by atoms with Gasteiger partial charge in [-0.25, -0.2) is 4.39 Å². The maximum atomic E-state index is 12.9. The van der Waals surface area contributed by atoms with Crippen LogP contribution in [0.15, 0.2) is 42.5 Å². The Labute approximate surface area is 122 Å². The predicted octanol–water partition coefficient (Wildman–Crippen LogP) is 5.70. The molecular formula is C15H14Cl2FN. The molecule has 0 saturated carbocycles. The van der Waals surface area contributed by atoms with Crippen LogP contribution in [-0.2, 0) is 0 Å². The van der Waals surface area contributed by atoms with Gasteiger partial charge >= 0.3 is 0 Å². The summed E-state index contributed by atoms with van der Waals surface area (Å²) < 4.78 is 12.9. The Kier molecular flexibility index (Phi) is 4.67. The van der Waals surface area contributed by atoms with Gasteiger partial charge in [-0.05, 0) is 42.3 Å². The van der Waals surface area contributed by atoms with Crippen molar-refractivity contribution >= 4 is 28.9 Å². The van der Waals surface area contributed by atoms with Crippen molar-refractivity contribution in [3.63, 3.8) is 0 Å². The van der Waals surface area contributed by atoms with E-state index < -0.39 is 0 Å². The van der Waals surface area contributed by atoms with Gasteiger partial charge in [-0.15, -0.1) is 0 Å². The SMILES string of the molecule is CCC(Nc1cc(Cl)cc(Cl)c1)c1ccc(F)cc1. The molecule has 0 fully saturated rings. The third-order valence-electron chi connectivity index (χ3n) is 2.88. The molecule has 0 aliphatic rings. The molecule has 2 aromatic carbocycles. The van der Waals surface area contributed by atoms with Crippen LogP contribution in [0.2, 0.25) is 10.0 Å². The van der Waals surface area contributed by atoms with E-state index in [4.69, 9.17) is 23.2 Å². The molecule has 0 aromatic heterocycles. The summed E-state index contributed by atoms with van der Waals surface area (Å²) in [6, 6.07) is 11.9. The van der Waals surface area contributed by atoms with Gasteiger partial charge in [-0.1, -0.05) is 42.3 Å². The number of halogens is 3. The first-order valence-electron chi connectivity index (χ1n) is 6.06. The van der Waals surface area contributed by atoms with Crippen molar-refractivity contribution in [2.45, 2.75) is 19.4 Å². The Morgan fingerprint density at radius 1 is 1.05 bits per heavy atom. The second-order valence-corrected chi connectivity index (χ2v) is 5.19. The molecule has 1 N–H and O–H groups in total. The summed E-state index contributed by atoms with van der Waals surface area (Å²) in [4.78, 5) is 0. The second kappa shape index (κ2) is 6.27. The predicted molar refractivity (Wildman–Crippen MR) is 79.5 cm³/mol. The molecule has 0 saturated heterocycles. The fourth-order valence-electron chi connectivity index (χ4n) is 1.95. The molecule has 1 atom stereocenters. The number of anilines is 1. The molecule has 0 spiro atoms. The average molecular weight is 298 g/mol. The smallest absolute Gasteiger partial charge is 0.123 e. The summed E-state index contributed by atoms with van der Waals surface area (Å²) in [6.07, 6.45) is 0.871. The maximum absolute atomic E-state index is 12.9. The van der Waals surface area contributed by atoms with Gasteiger partial charge in [0.2, 0.25) is 0 Å². The quantitative estimate of drug-likeness (QED) is 0.764. The van der Waals surface area contributed by atoms with Crippen molar-refractivity contribution in [1.82, 2.24) is 0 Å². The molecule has 2 aromatic rings. The van der Waals surface area contributed by atoms with Crippen molar-refractivity contribution < 1.29 is 4.39 Å². The molecule has 0 amide bonds. The standard InChI is InChI=1S/C15H14Cl2FN/c1-2-15(10-3-5-13(18)6-4-10)19-14-8-11(16)7-12(17)9-14/h3-9,15,19H,2H2,1H3. The molecule has 0 aliphatic carbocycles. The summed E-state index contributed by atoms with van der Waals surface area (Å²) >= 11 is 11.9. The van der Waals surface area contributed by atoms with Crippen LogP contribution in [0.1, 0.15) is 24.9 Å². The van der Waals surface area contributed by atoms with Crippen LogP contribution < -0.4 is 5.32 Å². The molecule has 0 radical (unpaired) electrons. The Morgan fingerprint density at radius 3 is 2.16 bits per heavy atom. The van der Waals surface area contributed by atoms with Gasteiger partial charge in [0.05, 0.1) is 6.04 Å². The van der Waals surface area contributed by atoms with Gasteiger partial charge in [0.25, 0.3) is 0 Å². The van der Waals surface area contributed by atoms with Gasteiger partial charge in [0.1, 0.15) is 5.82 Å². The minimum Gasteiger partial charge on any atom is -0.378 e. The van der Waals surface area contributed by atoms with E-state index >= 15 is 0 Å². The summed E-state index contributed by atoms with van der Waals surface area (Å²) in [5.74, 6) is -0.232. The summed E-state index contributed by atoms with van der Waals surface area (Å²) in [6.45, 7) is 2.06. The first-order chi connectivity index (χ1) is 9.08. The molecule has 2 rings (SSSR count).